The van der Waals surface area contributed by atoms with Crippen molar-refractivity contribution in [3.63, 3.8) is 0 Å². The first-order valence-electron chi connectivity index (χ1n) is 20.5. The third-order valence-corrected chi connectivity index (χ3v) is 11.1. The van der Waals surface area contributed by atoms with Gasteiger partial charge in [0.05, 0.1) is 5.41 Å². The highest BCUT2D eigenvalue weighted by molar-refractivity contribution is 5.90. The summed E-state index contributed by atoms with van der Waals surface area (Å²) in [5.41, 5.74) is 6.68. The van der Waals surface area contributed by atoms with Crippen LogP contribution in [0.3, 0.4) is 0 Å². The zero-order valence-corrected chi connectivity index (χ0v) is 33.2. The number of rotatable bonds is 17. The van der Waals surface area contributed by atoms with E-state index in [1.54, 1.807) is 9.80 Å². The highest BCUT2D eigenvalue weighted by Crippen LogP contribution is 2.35. The van der Waals surface area contributed by atoms with Gasteiger partial charge in [0, 0.05) is 64.1 Å². The van der Waals surface area contributed by atoms with Gasteiger partial charge in [0.1, 0.15) is 6.04 Å². The van der Waals surface area contributed by atoms with E-state index >= 15 is 0 Å². The average Bonchev–Trinajstić information content (AvgIpc) is 3.19. The monoisotopic (exact) mass is 767 g/mol. The lowest BCUT2D eigenvalue weighted by atomic mass is 9.74. The third kappa shape index (κ3) is 12.0. The number of benzene rings is 3. The van der Waals surface area contributed by atoms with Gasteiger partial charge in [-0.2, -0.15) is 0 Å². The number of nitrogens with one attached hydrogen (secondary N) is 4. The maximum atomic E-state index is 14.6. The molecule has 3 aromatic carbocycles. The number of likely N-dealkylation sites (tertiary alicyclic amines) is 2. The van der Waals surface area contributed by atoms with E-state index in [4.69, 9.17) is 5.73 Å². The van der Waals surface area contributed by atoms with Crippen LogP contribution in [0, 0.1) is 5.41 Å². The molecule has 56 heavy (non-hydrogen) atoms. The molecule has 0 aliphatic carbocycles. The van der Waals surface area contributed by atoms with Crippen LogP contribution in [0.5, 0.6) is 0 Å². The van der Waals surface area contributed by atoms with Crippen LogP contribution in [0.4, 0.5) is 4.79 Å². The number of nitrogens with zero attached hydrogens (tertiary/aromatic N) is 2. The Morgan fingerprint density at radius 3 is 2.38 bits per heavy atom. The van der Waals surface area contributed by atoms with Crippen LogP contribution in [0.15, 0.2) is 72.8 Å². The number of fused-ring (bicyclic) bond motifs is 1. The fourth-order valence-corrected chi connectivity index (χ4v) is 8.19. The summed E-state index contributed by atoms with van der Waals surface area (Å²) in [5, 5.41) is 14.2. The summed E-state index contributed by atoms with van der Waals surface area (Å²) >= 11 is 0. The second-order valence-electron chi connectivity index (χ2n) is 15.7. The summed E-state index contributed by atoms with van der Waals surface area (Å²) in [5.74, 6) is -0.440. The van der Waals surface area contributed by atoms with Gasteiger partial charge in [-0.15, -0.1) is 0 Å². The van der Waals surface area contributed by atoms with Gasteiger partial charge in [-0.25, -0.2) is 4.79 Å². The molecule has 2 aliphatic rings. The van der Waals surface area contributed by atoms with E-state index < -0.39 is 17.5 Å². The SMILES string of the molecule is CCNC(=O)C1(Cc2ccccc2)CCCN(C(=O)C(Cc2ccc3ccccc3c2)NC(=O)N[C@@H]2CCCN(C(=O)CC(C)NC(=O)CCCCCN)C2)C1. The summed E-state index contributed by atoms with van der Waals surface area (Å²) in [7, 11) is 0. The van der Waals surface area contributed by atoms with Gasteiger partial charge >= 0.3 is 6.03 Å². The molecule has 3 aromatic rings. The molecule has 0 aromatic heterocycles. The molecular formula is C44H61N7O5. The van der Waals surface area contributed by atoms with Crippen molar-refractivity contribution in [2.45, 2.75) is 103 Å². The largest absolute Gasteiger partial charge is 0.356 e. The van der Waals surface area contributed by atoms with Gasteiger partial charge < -0.3 is 36.8 Å². The molecule has 4 atom stereocenters. The molecule has 2 heterocycles. The minimum Gasteiger partial charge on any atom is -0.356 e. The predicted molar refractivity (Wildman–Crippen MR) is 220 cm³/mol. The lowest BCUT2D eigenvalue weighted by Crippen LogP contribution is -2.60. The Balaban J connectivity index is 1.26. The summed E-state index contributed by atoms with van der Waals surface area (Å²) in [6, 6.07) is 22.0. The van der Waals surface area contributed by atoms with Crippen molar-refractivity contribution >= 4 is 40.4 Å². The Labute approximate surface area is 331 Å². The fourth-order valence-electron chi connectivity index (χ4n) is 8.19. The lowest BCUT2D eigenvalue weighted by Gasteiger charge is -2.43. The number of piperidine rings is 2. The molecule has 0 saturated carbocycles. The van der Waals surface area contributed by atoms with E-state index in [2.05, 4.69) is 27.3 Å². The molecule has 3 unspecified atom stereocenters. The standard InChI is InChI=1S/C44H61N7O5/c1-3-46-42(55)44(29-33-14-6-4-7-15-33)22-13-25-51(31-44)41(54)38(28-34-20-21-35-16-9-10-17-36(35)27-34)49-43(56)48-37-18-12-24-50(30-37)40(53)26-32(2)47-39(52)19-8-5-11-23-45/h4,6-7,9-10,14-17,20-21,27,32,37-38H,3,5,8,11-13,18-19,22-26,28-31,45H2,1-2H3,(H,46,55)(H,47,52)(H2,48,49,56)/t32?,37-,38?,44?/m1/s1. The van der Waals surface area contributed by atoms with Gasteiger partial charge in [0.15, 0.2) is 0 Å². The second-order valence-corrected chi connectivity index (χ2v) is 15.7. The zero-order valence-electron chi connectivity index (χ0n) is 33.2. The molecule has 0 radical (unpaired) electrons. The number of hydrogen-bond acceptors (Lipinski definition) is 6. The molecule has 0 bridgehead atoms. The summed E-state index contributed by atoms with van der Waals surface area (Å²) < 4.78 is 0. The Hall–Kier alpha value is -4.97. The first-order valence-corrected chi connectivity index (χ1v) is 20.5. The van der Waals surface area contributed by atoms with Crippen molar-refractivity contribution in [3.05, 3.63) is 83.9 Å². The van der Waals surface area contributed by atoms with Gasteiger partial charge in [0.25, 0.3) is 0 Å². The van der Waals surface area contributed by atoms with Crippen LogP contribution in [-0.4, -0.2) is 96.9 Å². The first-order chi connectivity index (χ1) is 27.1. The molecule has 6 amide bonds. The van der Waals surface area contributed by atoms with Gasteiger partial charge in [-0.3, -0.25) is 19.2 Å². The Morgan fingerprint density at radius 2 is 1.61 bits per heavy atom. The number of amides is 6. The minimum atomic E-state index is -0.890. The topological polar surface area (TPSA) is 166 Å². The Kier molecular flexibility index (Phi) is 15.7. The number of carbonyl (C=O) groups is 5. The molecular weight excluding hydrogens is 707 g/mol. The minimum absolute atomic E-state index is 0.0652. The van der Waals surface area contributed by atoms with Crippen LogP contribution >= 0.6 is 0 Å². The van der Waals surface area contributed by atoms with Crippen LogP contribution < -0.4 is 27.0 Å². The lowest BCUT2D eigenvalue weighted by molar-refractivity contribution is -0.143. The van der Waals surface area contributed by atoms with Gasteiger partial charge in [-0.1, -0.05) is 79.2 Å². The van der Waals surface area contributed by atoms with E-state index in [1.165, 1.54) is 0 Å². The number of carbonyl (C=O) groups excluding carboxylic acids is 5. The van der Waals surface area contributed by atoms with Crippen molar-refractivity contribution in [1.82, 2.24) is 31.1 Å². The maximum absolute atomic E-state index is 14.6. The molecule has 0 spiro atoms. The molecule has 2 aliphatic heterocycles. The van der Waals surface area contributed by atoms with E-state index in [-0.39, 0.29) is 55.1 Å². The number of unbranched alkanes of at least 4 members (excludes halogenated alkanes) is 2. The summed E-state index contributed by atoms with van der Waals surface area (Å²) in [6.07, 6.45) is 6.63. The number of urea groups is 1. The van der Waals surface area contributed by atoms with Crippen LogP contribution in [0.25, 0.3) is 10.8 Å². The van der Waals surface area contributed by atoms with E-state index in [1.807, 2.05) is 80.6 Å². The maximum Gasteiger partial charge on any atom is 0.315 e. The van der Waals surface area contributed by atoms with Crippen molar-refractivity contribution in [1.29, 1.82) is 0 Å². The summed E-state index contributed by atoms with van der Waals surface area (Å²) in [6.45, 7) is 6.49. The van der Waals surface area contributed by atoms with Crippen molar-refractivity contribution in [2.75, 3.05) is 39.3 Å². The molecule has 2 saturated heterocycles. The van der Waals surface area contributed by atoms with E-state index in [9.17, 15) is 24.0 Å². The Bertz CT molecular complexity index is 1790. The zero-order chi connectivity index (χ0) is 39.9. The van der Waals surface area contributed by atoms with Crippen molar-refractivity contribution in [2.24, 2.45) is 11.1 Å². The molecule has 302 valence electrons. The molecule has 2 fully saturated rings. The normalized spacial score (nSPS) is 19.4. The average molecular weight is 768 g/mol. The molecule has 5 rings (SSSR count). The van der Waals surface area contributed by atoms with E-state index in [0.717, 1.165) is 47.6 Å². The molecule has 12 heteroatoms. The smallest absolute Gasteiger partial charge is 0.315 e. The highest BCUT2D eigenvalue weighted by Gasteiger charge is 2.44. The number of hydrogen-bond donors (Lipinski definition) is 5. The predicted octanol–water partition coefficient (Wildman–Crippen LogP) is 4.44. The second kappa shape index (κ2) is 20.8. The van der Waals surface area contributed by atoms with Crippen molar-refractivity contribution < 1.29 is 24.0 Å². The fraction of sp³-hybridized carbons (Fsp3) is 0.523. The van der Waals surface area contributed by atoms with Gasteiger partial charge in [0.2, 0.25) is 23.6 Å². The quantitative estimate of drug-likeness (QED) is 0.128. The van der Waals surface area contributed by atoms with Crippen LogP contribution in [0.1, 0.15) is 82.8 Å². The van der Waals surface area contributed by atoms with Crippen LogP contribution in [-0.2, 0) is 32.0 Å². The summed E-state index contributed by atoms with van der Waals surface area (Å²) in [4.78, 5) is 71.2. The number of nitrogens with two attached hydrogens (primary N) is 1. The first kappa shape index (κ1) is 42.2. The van der Waals surface area contributed by atoms with Crippen molar-refractivity contribution in [3.8, 4) is 0 Å². The van der Waals surface area contributed by atoms with Gasteiger partial charge in [-0.05, 0) is 87.2 Å². The highest BCUT2D eigenvalue weighted by atomic mass is 16.2. The van der Waals surface area contributed by atoms with E-state index in [0.29, 0.717) is 64.8 Å². The molecule has 6 N–H and O–H groups in total. The van der Waals surface area contributed by atoms with Crippen LogP contribution in [0.2, 0.25) is 0 Å². The molecule has 12 nitrogen and oxygen atoms in total. The third-order valence-electron chi connectivity index (χ3n) is 11.1. The Morgan fingerprint density at radius 1 is 0.857 bits per heavy atom.